The fourth-order valence-corrected chi connectivity index (χ4v) is 4.17. The molecule has 4 rings (SSSR count). The van der Waals surface area contributed by atoms with Gasteiger partial charge in [-0.25, -0.2) is 0 Å². The number of amides is 1. The monoisotopic (exact) mass is 423 g/mol. The van der Waals surface area contributed by atoms with E-state index < -0.39 is 5.60 Å². The Bertz CT molecular complexity index is 971. The van der Waals surface area contributed by atoms with Crippen LogP contribution < -0.4 is 9.64 Å². The Kier molecular flexibility index (Phi) is 6.13. The van der Waals surface area contributed by atoms with Crippen molar-refractivity contribution >= 4 is 17.3 Å². The van der Waals surface area contributed by atoms with Crippen molar-refractivity contribution in [2.45, 2.75) is 25.5 Å². The number of para-hydroxylation sites is 2. The number of carbonyl (C=O) groups excluding carboxylic acids is 1. The molecule has 1 amide bonds. The number of rotatable bonds is 6. The van der Waals surface area contributed by atoms with Gasteiger partial charge < -0.3 is 24.1 Å². The quantitative estimate of drug-likeness (QED) is 0.715. The van der Waals surface area contributed by atoms with Crippen LogP contribution in [-0.4, -0.2) is 62.6 Å². The van der Waals surface area contributed by atoms with Crippen LogP contribution in [0, 0.1) is 0 Å². The number of ether oxygens (including phenoxy) is 2. The second-order valence-electron chi connectivity index (χ2n) is 8.13. The average molecular weight is 424 g/mol. The summed E-state index contributed by atoms with van der Waals surface area (Å²) in [7, 11) is 3.44. The summed E-state index contributed by atoms with van der Waals surface area (Å²) in [5.74, 6) is 0.618. The summed E-state index contributed by atoms with van der Waals surface area (Å²) in [5.41, 5.74) is 2.78. The molecule has 0 aliphatic carbocycles. The number of anilines is 1. The maximum absolute atomic E-state index is 13.4. The predicted octanol–water partition coefficient (Wildman–Crippen LogP) is 3.07. The molecule has 7 heteroatoms. The minimum absolute atomic E-state index is 0.0991. The number of oxime groups is 1. The topological polar surface area (TPSA) is 63.6 Å². The normalized spacial score (nSPS) is 20.7. The van der Waals surface area contributed by atoms with Crippen molar-refractivity contribution in [2.75, 3.05) is 45.4 Å². The molecule has 2 aliphatic rings. The van der Waals surface area contributed by atoms with Gasteiger partial charge in [-0.2, -0.15) is 0 Å². The Hall–Kier alpha value is -3.06. The molecule has 0 unspecified atom stereocenters. The Morgan fingerprint density at radius 3 is 2.65 bits per heavy atom. The van der Waals surface area contributed by atoms with E-state index in [4.69, 9.17) is 14.3 Å². The molecule has 0 radical (unpaired) electrons. The number of nitrogens with zero attached hydrogens (tertiary/aromatic N) is 3. The third-order valence-corrected chi connectivity index (χ3v) is 5.83. The van der Waals surface area contributed by atoms with Gasteiger partial charge in [0.1, 0.15) is 5.75 Å². The first-order valence-electron chi connectivity index (χ1n) is 10.6. The van der Waals surface area contributed by atoms with Crippen LogP contribution in [0.3, 0.4) is 0 Å². The summed E-state index contributed by atoms with van der Waals surface area (Å²) < 4.78 is 10.9. The van der Waals surface area contributed by atoms with E-state index >= 15 is 0 Å². The lowest BCUT2D eigenvalue weighted by Gasteiger charge is -2.32. The van der Waals surface area contributed by atoms with Gasteiger partial charge in [0.05, 0.1) is 26.0 Å². The van der Waals surface area contributed by atoms with E-state index in [9.17, 15) is 4.79 Å². The van der Waals surface area contributed by atoms with Crippen LogP contribution in [0.25, 0.3) is 0 Å². The van der Waals surface area contributed by atoms with Crippen molar-refractivity contribution in [1.29, 1.82) is 0 Å². The minimum Gasteiger partial charge on any atom is -0.496 e. The molecule has 0 bridgehead atoms. The maximum atomic E-state index is 13.4. The van der Waals surface area contributed by atoms with E-state index in [2.05, 4.69) is 22.2 Å². The van der Waals surface area contributed by atoms with E-state index in [1.165, 1.54) is 0 Å². The Balaban J connectivity index is 1.47. The summed E-state index contributed by atoms with van der Waals surface area (Å²) in [6.45, 7) is 5.44. The van der Waals surface area contributed by atoms with Crippen molar-refractivity contribution in [3.05, 3.63) is 59.7 Å². The van der Waals surface area contributed by atoms with E-state index in [1.807, 2.05) is 43.4 Å². The Morgan fingerprint density at radius 1 is 1.16 bits per heavy atom. The van der Waals surface area contributed by atoms with E-state index in [0.717, 1.165) is 48.8 Å². The highest BCUT2D eigenvalue weighted by Crippen LogP contribution is 2.32. The van der Waals surface area contributed by atoms with Gasteiger partial charge in [0.2, 0.25) is 5.60 Å². The largest absolute Gasteiger partial charge is 0.496 e. The lowest BCUT2D eigenvalue weighted by atomic mass is 9.94. The van der Waals surface area contributed by atoms with Crippen LogP contribution >= 0.6 is 0 Å². The molecule has 1 atom stereocenters. The van der Waals surface area contributed by atoms with E-state index in [0.29, 0.717) is 18.7 Å². The van der Waals surface area contributed by atoms with Crippen molar-refractivity contribution in [3.8, 4) is 5.75 Å². The standard InChI is InChI=1S/C24H29N3O4/c1-24(16-20(25-31-24)19-9-5-7-11-22(19)29-3)23(28)26(2)17-18-8-4-6-10-21(18)27-12-14-30-15-13-27/h4-11H,12-17H2,1-3H3/t24-/m0/s1. The maximum Gasteiger partial charge on any atom is 0.269 e. The summed E-state index contributed by atoms with van der Waals surface area (Å²) in [5, 5.41) is 4.24. The van der Waals surface area contributed by atoms with Crippen LogP contribution in [0.1, 0.15) is 24.5 Å². The zero-order valence-electron chi connectivity index (χ0n) is 18.3. The molecule has 2 aromatic rings. The molecule has 2 aromatic carbocycles. The van der Waals surface area contributed by atoms with Gasteiger partial charge in [-0.3, -0.25) is 4.79 Å². The molecule has 0 saturated carbocycles. The Morgan fingerprint density at radius 2 is 1.87 bits per heavy atom. The molecular formula is C24H29N3O4. The molecule has 164 valence electrons. The third kappa shape index (κ3) is 4.37. The van der Waals surface area contributed by atoms with Gasteiger partial charge in [-0.15, -0.1) is 0 Å². The van der Waals surface area contributed by atoms with Gasteiger partial charge >= 0.3 is 0 Å². The highest BCUT2D eigenvalue weighted by Gasteiger charge is 2.44. The number of hydrogen-bond acceptors (Lipinski definition) is 6. The van der Waals surface area contributed by atoms with Gasteiger partial charge in [0.15, 0.2) is 0 Å². The summed E-state index contributed by atoms with van der Waals surface area (Å²) in [6, 6.07) is 15.9. The Labute approximate surface area is 183 Å². The second-order valence-corrected chi connectivity index (χ2v) is 8.13. The van der Waals surface area contributed by atoms with Crippen molar-refractivity contribution in [2.24, 2.45) is 5.16 Å². The van der Waals surface area contributed by atoms with Crippen LogP contribution in [0.5, 0.6) is 5.75 Å². The van der Waals surface area contributed by atoms with Gasteiger partial charge in [-0.05, 0) is 30.7 Å². The van der Waals surface area contributed by atoms with Crippen LogP contribution in [0.2, 0.25) is 0 Å². The minimum atomic E-state index is -1.04. The third-order valence-electron chi connectivity index (χ3n) is 5.83. The highest BCUT2D eigenvalue weighted by molar-refractivity contribution is 6.07. The molecule has 2 heterocycles. The lowest BCUT2D eigenvalue weighted by molar-refractivity contribution is -0.152. The average Bonchev–Trinajstić information content (AvgIpc) is 3.22. The van der Waals surface area contributed by atoms with Crippen LogP contribution in [0.4, 0.5) is 5.69 Å². The van der Waals surface area contributed by atoms with Crippen LogP contribution in [0.15, 0.2) is 53.7 Å². The first kappa shape index (κ1) is 21.2. The first-order chi connectivity index (χ1) is 15.0. The molecule has 0 spiro atoms. The number of methoxy groups -OCH3 is 1. The fraction of sp³-hybridized carbons (Fsp3) is 0.417. The molecule has 31 heavy (non-hydrogen) atoms. The number of morpholine rings is 1. The van der Waals surface area contributed by atoms with Gasteiger partial charge in [0, 0.05) is 44.4 Å². The fourth-order valence-electron chi connectivity index (χ4n) is 4.17. The number of carbonyl (C=O) groups is 1. The SMILES string of the molecule is COc1ccccc1C1=NO[C@](C)(C(=O)N(C)Cc2ccccc2N2CCOCC2)C1. The first-order valence-corrected chi connectivity index (χ1v) is 10.6. The molecule has 1 fully saturated rings. The lowest BCUT2D eigenvalue weighted by Crippen LogP contribution is -2.45. The second kappa shape index (κ2) is 8.98. The van der Waals surface area contributed by atoms with Gasteiger partial charge in [0.25, 0.3) is 5.91 Å². The van der Waals surface area contributed by atoms with Crippen molar-refractivity contribution in [1.82, 2.24) is 4.90 Å². The number of hydrogen-bond donors (Lipinski definition) is 0. The predicted molar refractivity (Wildman–Crippen MR) is 120 cm³/mol. The molecule has 7 nitrogen and oxygen atoms in total. The molecule has 1 saturated heterocycles. The molecule has 2 aliphatic heterocycles. The summed E-state index contributed by atoms with van der Waals surface area (Å²) in [6.07, 6.45) is 0.391. The summed E-state index contributed by atoms with van der Waals surface area (Å²) >= 11 is 0. The van der Waals surface area contributed by atoms with Crippen molar-refractivity contribution in [3.63, 3.8) is 0 Å². The van der Waals surface area contributed by atoms with E-state index in [1.54, 1.807) is 18.9 Å². The molecule has 0 N–H and O–H groups in total. The smallest absolute Gasteiger partial charge is 0.269 e. The molecular weight excluding hydrogens is 394 g/mol. The zero-order valence-corrected chi connectivity index (χ0v) is 18.3. The zero-order chi connectivity index (χ0) is 21.8. The highest BCUT2D eigenvalue weighted by atomic mass is 16.7. The van der Waals surface area contributed by atoms with E-state index in [-0.39, 0.29) is 5.91 Å². The van der Waals surface area contributed by atoms with Crippen molar-refractivity contribution < 1.29 is 19.1 Å². The number of benzene rings is 2. The van der Waals surface area contributed by atoms with Crippen LogP contribution in [-0.2, 0) is 20.9 Å². The summed E-state index contributed by atoms with van der Waals surface area (Å²) in [4.78, 5) is 23.1. The number of likely N-dealkylation sites (N-methyl/N-ethyl adjacent to an activating group) is 1. The molecule has 0 aromatic heterocycles. The van der Waals surface area contributed by atoms with Gasteiger partial charge in [-0.1, -0.05) is 35.5 Å².